The fourth-order valence-electron chi connectivity index (χ4n) is 3.07. The van der Waals surface area contributed by atoms with Gasteiger partial charge in [-0.05, 0) is 12.1 Å². The quantitative estimate of drug-likeness (QED) is 0.342. The molecule has 2 N–H and O–H groups in total. The molecule has 2 aromatic heterocycles. The molecule has 8 nitrogen and oxygen atoms in total. The SMILES string of the molecule is Cn1c(CCNC(=O)c2ccccc2F)nnc1SCC(=O)Nc1nc(-c2ccccc2)cs1. The molecule has 2 aromatic carbocycles. The summed E-state index contributed by atoms with van der Waals surface area (Å²) in [5.41, 5.74) is 1.80. The fourth-order valence-corrected chi connectivity index (χ4v) is 4.54. The van der Waals surface area contributed by atoms with Crippen LogP contribution < -0.4 is 10.6 Å². The number of hydrogen-bond donors (Lipinski definition) is 2. The topological polar surface area (TPSA) is 102 Å². The molecule has 0 saturated carbocycles. The summed E-state index contributed by atoms with van der Waals surface area (Å²) in [6, 6.07) is 15.6. The van der Waals surface area contributed by atoms with Gasteiger partial charge < -0.3 is 15.2 Å². The molecule has 0 bridgehead atoms. The Balaban J connectivity index is 1.25. The second-order valence-electron chi connectivity index (χ2n) is 7.18. The monoisotopic (exact) mass is 496 g/mol. The maximum Gasteiger partial charge on any atom is 0.254 e. The molecular weight excluding hydrogens is 475 g/mol. The van der Waals surface area contributed by atoms with Gasteiger partial charge in [-0.2, -0.15) is 0 Å². The van der Waals surface area contributed by atoms with Crippen LogP contribution in [0.5, 0.6) is 0 Å². The fraction of sp³-hybridized carbons (Fsp3) is 0.174. The first-order chi connectivity index (χ1) is 16.5. The first-order valence-corrected chi connectivity index (χ1v) is 12.2. The first-order valence-electron chi connectivity index (χ1n) is 10.4. The van der Waals surface area contributed by atoms with Crippen LogP contribution in [0.15, 0.2) is 65.1 Å². The van der Waals surface area contributed by atoms with Crippen molar-refractivity contribution in [2.24, 2.45) is 7.05 Å². The largest absolute Gasteiger partial charge is 0.351 e. The normalized spacial score (nSPS) is 10.8. The summed E-state index contributed by atoms with van der Waals surface area (Å²) in [5.74, 6) is -0.449. The van der Waals surface area contributed by atoms with E-state index in [9.17, 15) is 14.0 Å². The summed E-state index contributed by atoms with van der Waals surface area (Å²) < 4.78 is 15.5. The van der Waals surface area contributed by atoms with Crippen LogP contribution in [0.4, 0.5) is 9.52 Å². The summed E-state index contributed by atoms with van der Waals surface area (Å²) in [6.45, 7) is 0.276. The highest BCUT2D eigenvalue weighted by Crippen LogP contribution is 2.25. The number of nitrogens with zero attached hydrogens (tertiary/aromatic N) is 4. The number of aromatic nitrogens is 4. The van der Waals surface area contributed by atoms with Gasteiger partial charge in [0.1, 0.15) is 11.6 Å². The number of rotatable bonds is 9. The van der Waals surface area contributed by atoms with Crippen LogP contribution in [0.25, 0.3) is 11.3 Å². The van der Waals surface area contributed by atoms with Crippen molar-refractivity contribution in [3.63, 3.8) is 0 Å². The number of halogens is 1. The molecule has 174 valence electrons. The number of carbonyl (C=O) groups excluding carboxylic acids is 2. The molecule has 0 atom stereocenters. The highest BCUT2D eigenvalue weighted by molar-refractivity contribution is 7.99. The molecular formula is C23H21FN6O2S2. The van der Waals surface area contributed by atoms with Crippen LogP contribution in [-0.4, -0.2) is 43.9 Å². The Kier molecular flexibility index (Phi) is 7.65. The summed E-state index contributed by atoms with van der Waals surface area (Å²) in [7, 11) is 1.79. The van der Waals surface area contributed by atoms with E-state index in [0.29, 0.717) is 22.5 Å². The Morgan fingerprint density at radius 3 is 2.65 bits per heavy atom. The minimum atomic E-state index is -0.565. The average Bonchev–Trinajstić information content (AvgIpc) is 3.45. The number of anilines is 1. The summed E-state index contributed by atoms with van der Waals surface area (Å²) in [6.07, 6.45) is 0.415. The van der Waals surface area contributed by atoms with Crippen molar-refractivity contribution in [1.29, 1.82) is 0 Å². The van der Waals surface area contributed by atoms with Gasteiger partial charge in [0.05, 0.1) is 17.0 Å². The van der Waals surface area contributed by atoms with Crippen LogP contribution >= 0.6 is 23.1 Å². The second-order valence-corrected chi connectivity index (χ2v) is 8.98. The molecule has 2 heterocycles. The number of benzene rings is 2. The number of thiazole rings is 1. The van der Waals surface area contributed by atoms with E-state index in [0.717, 1.165) is 11.3 Å². The minimum Gasteiger partial charge on any atom is -0.351 e. The molecule has 4 aromatic rings. The van der Waals surface area contributed by atoms with Gasteiger partial charge in [-0.15, -0.1) is 21.5 Å². The van der Waals surface area contributed by atoms with Crippen molar-refractivity contribution in [2.75, 3.05) is 17.6 Å². The number of carbonyl (C=O) groups is 2. The van der Waals surface area contributed by atoms with Crippen LogP contribution in [0, 0.1) is 5.82 Å². The van der Waals surface area contributed by atoms with Gasteiger partial charge in [0, 0.05) is 31.0 Å². The molecule has 0 aliphatic rings. The van der Waals surface area contributed by atoms with E-state index in [1.54, 1.807) is 17.7 Å². The van der Waals surface area contributed by atoms with Crippen molar-refractivity contribution in [2.45, 2.75) is 11.6 Å². The molecule has 11 heteroatoms. The smallest absolute Gasteiger partial charge is 0.254 e. The van der Waals surface area contributed by atoms with Crippen molar-refractivity contribution >= 4 is 40.0 Å². The molecule has 0 aliphatic carbocycles. The Morgan fingerprint density at radius 2 is 1.85 bits per heavy atom. The van der Waals surface area contributed by atoms with E-state index in [-0.39, 0.29) is 23.8 Å². The Morgan fingerprint density at radius 1 is 1.09 bits per heavy atom. The molecule has 2 amide bonds. The lowest BCUT2D eigenvalue weighted by molar-refractivity contribution is -0.113. The third kappa shape index (κ3) is 5.86. The van der Waals surface area contributed by atoms with Gasteiger partial charge in [-0.25, -0.2) is 9.37 Å². The Bertz CT molecular complexity index is 1290. The highest BCUT2D eigenvalue weighted by Gasteiger charge is 2.14. The van der Waals surface area contributed by atoms with Gasteiger partial charge in [-0.3, -0.25) is 9.59 Å². The number of thioether (sulfide) groups is 1. The molecule has 4 rings (SSSR count). The maximum atomic E-state index is 13.7. The zero-order valence-corrected chi connectivity index (χ0v) is 19.8. The van der Waals surface area contributed by atoms with Gasteiger partial charge >= 0.3 is 0 Å². The van der Waals surface area contributed by atoms with Crippen molar-refractivity contribution in [1.82, 2.24) is 25.1 Å². The molecule has 0 radical (unpaired) electrons. The van der Waals surface area contributed by atoms with E-state index in [4.69, 9.17) is 0 Å². The van der Waals surface area contributed by atoms with Gasteiger partial charge in [0.2, 0.25) is 5.91 Å². The third-order valence-corrected chi connectivity index (χ3v) is 6.61. The van der Waals surface area contributed by atoms with Crippen molar-refractivity contribution < 1.29 is 14.0 Å². The lowest BCUT2D eigenvalue weighted by Crippen LogP contribution is -2.27. The Hall–Kier alpha value is -3.57. The number of amides is 2. The predicted octanol–water partition coefficient (Wildman–Crippen LogP) is 3.78. The molecule has 34 heavy (non-hydrogen) atoms. The van der Waals surface area contributed by atoms with E-state index in [1.165, 1.54) is 41.3 Å². The maximum absolute atomic E-state index is 13.7. The molecule has 0 fully saturated rings. The predicted molar refractivity (Wildman–Crippen MR) is 130 cm³/mol. The van der Waals surface area contributed by atoms with Crippen LogP contribution in [-0.2, 0) is 18.3 Å². The van der Waals surface area contributed by atoms with Crippen LogP contribution in [0.1, 0.15) is 16.2 Å². The number of hydrogen-bond acceptors (Lipinski definition) is 7. The molecule has 0 saturated heterocycles. The standard InChI is InChI=1S/C23H21FN6O2S2/c1-30-19(11-12-25-21(32)16-9-5-6-10-17(16)24)28-29-23(30)34-14-20(31)27-22-26-18(13-33-22)15-7-3-2-4-8-15/h2-10,13H,11-12,14H2,1H3,(H,25,32)(H,26,27,31). The van der Waals surface area contributed by atoms with Gasteiger partial charge in [-0.1, -0.05) is 54.2 Å². The van der Waals surface area contributed by atoms with E-state index < -0.39 is 11.7 Å². The molecule has 0 spiro atoms. The average molecular weight is 497 g/mol. The second kappa shape index (κ2) is 11.0. The lowest BCUT2D eigenvalue weighted by atomic mass is 10.2. The van der Waals surface area contributed by atoms with E-state index in [1.807, 2.05) is 35.7 Å². The third-order valence-electron chi connectivity index (χ3n) is 4.83. The van der Waals surface area contributed by atoms with E-state index >= 15 is 0 Å². The lowest BCUT2D eigenvalue weighted by Gasteiger charge is -2.06. The van der Waals surface area contributed by atoms with Crippen molar-refractivity contribution in [3.8, 4) is 11.3 Å². The van der Waals surface area contributed by atoms with Crippen LogP contribution in [0.3, 0.4) is 0 Å². The zero-order valence-electron chi connectivity index (χ0n) is 18.2. The van der Waals surface area contributed by atoms with Gasteiger partial charge in [0.15, 0.2) is 10.3 Å². The molecule has 0 unspecified atom stereocenters. The minimum absolute atomic E-state index is 0.00107. The number of nitrogens with one attached hydrogen (secondary N) is 2. The Labute approximate surface area is 203 Å². The summed E-state index contributed by atoms with van der Waals surface area (Å²) in [5, 5.41) is 16.7. The summed E-state index contributed by atoms with van der Waals surface area (Å²) >= 11 is 2.62. The summed E-state index contributed by atoms with van der Waals surface area (Å²) in [4.78, 5) is 28.9. The zero-order chi connectivity index (χ0) is 23.9. The van der Waals surface area contributed by atoms with Crippen molar-refractivity contribution in [3.05, 3.63) is 77.2 Å². The van der Waals surface area contributed by atoms with E-state index in [2.05, 4.69) is 25.8 Å². The molecule has 0 aliphatic heterocycles. The van der Waals surface area contributed by atoms with Gasteiger partial charge in [0.25, 0.3) is 5.91 Å². The van der Waals surface area contributed by atoms with Crippen LogP contribution in [0.2, 0.25) is 0 Å². The highest BCUT2D eigenvalue weighted by atomic mass is 32.2. The first kappa shape index (κ1) is 23.6.